The number of amides is 1. The second-order valence-corrected chi connectivity index (χ2v) is 7.22. The summed E-state index contributed by atoms with van der Waals surface area (Å²) in [6.07, 6.45) is -0.577. The molecule has 1 aromatic heterocycles. The fraction of sp³-hybridized carbons (Fsp3) is 0.125. The van der Waals surface area contributed by atoms with E-state index in [9.17, 15) is 9.90 Å². The van der Waals surface area contributed by atoms with E-state index in [1.54, 1.807) is 12.1 Å². The zero-order valence-electron chi connectivity index (χ0n) is 13.0. The molecule has 0 atom stereocenters. The van der Waals surface area contributed by atoms with Crippen molar-refractivity contribution in [3.05, 3.63) is 36.4 Å². The van der Waals surface area contributed by atoms with Crippen LogP contribution in [0.3, 0.4) is 0 Å². The first-order chi connectivity index (χ1) is 11.6. The van der Waals surface area contributed by atoms with Gasteiger partial charge in [0.1, 0.15) is 0 Å². The normalized spacial score (nSPS) is 10.6. The van der Waals surface area contributed by atoms with E-state index in [2.05, 4.69) is 20.0 Å². The average Bonchev–Trinajstić information content (AvgIpc) is 2.96. The molecule has 3 rings (SSSR count). The number of methoxy groups -OCH3 is 2. The molecule has 0 saturated carbocycles. The predicted octanol–water partition coefficient (Wildman–Crippen LogP) is 1.11. The van der Waals surface area contributed by atoms with Gasteiger partial charge in [-0.1, -0.05) is 0 Å². The van der Waals surface area contributed by atoms with E-state index in [4.69, 9.17) is 4.74 Å². The van der Waals surface area contributed by atoms with Gasteiger partial charge in [0.2, 0.25) is 0 Å². The molecule has 0 aliphatic heterocycles. The molecule has 2 aromatic carbocycles. The van der Waals surface area contributed by atoms with Crippen LogP contribution in [0.1, 0.15) is 0 Å². The van der Waals surface area contributed by atoms with Crippen LogP contribution < -0.4 is 19.0 Å². The summed E-state index contributed by atoms with van der Waals surface area (Å²) >= 11 is 0.0129. The summed E-state index contributed by atoms with van der Waals surface area (Å²) in [7, 11) is 2.81. The van der Waals surface area contributed by atoms with Crippen LogP contribution in [-0.4, -0.2) is 50.3 Å². The number of aromatic hydroxyl groups is 1. The van der Waals surface area contributed by atoms with Crippen molar-refractivity contribution in [3.63, 3.8) is 0 Å². The summed E-state index contributed by atoms with van der Waals surface area (Å²) in [6, 6.07) is 11.2. The van der Waals surface area contributed by atoms with Gasteiger partial charge in [-0.25, -0.2) is 0 Å². The van der Waals surface area contributed by atoms with E-state index in [0.717, 1.165) is 20.0 Å². The van der Waals surface area contributed by atoms with Gasteiger partial charge < -0.3 is 0 Å². The average molecular weight is 392 g/mol. The van der Waals surface area contributed by atoms with E-state index >= 15 is 0 Å². The van der Waals surface area contributed by atoms with Gasteiger partial charge >= 0.3 is 144 Å². The van der Waals surface area contributed by atoms with Gasteiger partial charge in [-0.2, -0.15) is 0 Å². The number of fused-ring (bicyclic) bond motifs is 1. The topological polar surface area (TPSA) is 96.5 Å². The number of carbonyl (C=O) groups is 1. The number of imidazole rings is 1. The Morgan fingerprint density at radius 2 is 1.96 bits per heavy atom. The molecule has 8 heteroatoms. The Labute approximate surface area is 144 Å². The molecule has 0 bridgehead atoms. The molecular weight excluding hydrogens is 377 g/mol. The van der Waals surface area contributed by atoms with Gasteiger partial charge in [0, 0.05) is 0 Å². The number of H-pyrrole nitrogens is 1. The molecule has 0 aliphatic rings. The first kappa shape index (κ1) is 16.2. The standard InChI is InChI=1S/C16H15N3O4Se/c1-22-14-6-4-10(8-13(14)20)24-9-3-5-11-12(7-9)18-15(17-11)19-16(21)23-2/h3-8,20H,1-2H3,(H2,17,18,19,21). The summed E-state index contributed by atoms with van der Waals surface area (Å²) in [5.41, 5.74) is 1.57. The van der Waals surface area contributed by atoms with Crippen LogP contribution in [-0.2, 0) is 4.74 Å². The number of anilines is 1. The van der Waals surface area contributed by atoms with Crippen molar-refractivity contribution in [1.82, 2.24) is 9.97 Å². The number of aromatic amines is 1. The minimum atomic E-state index is -0.577. The number of hydrogen-bond donors (Lipinski definition) is 3. The molecule has 0 unspecified atom stereocenters. The van der Waals surface area contributed by atoms with Crippen LogP contribution in [0.25, 0.3) is 11.0 Å². The monoisotopic (exact) mass is 393 g/mol. The molecule has 0 aliphatic carbocycles. The molecule has 0 saturated heterocycles. The van der Waals surface area contributed by atoms with Crippen LogP contribution >= 0.6 is 0 Å². The molecule has 0 fully saturated rings. The predicted molar refractivity (Wildman–Crippen MR) is 91.8 cm³/mol. The summed E-state index contributed by atoms with van der Waals surface area (Å²) < 4.78 is 11.7. The van der Waals surface area contributed by atoms with E-state index in [-0.39, 0.29) is 20.7 Å². The Kier molecular flexibility index (Phi) is 4.59. The molecule has 0 radical (unpaired) electrons. The second kappa shape index (κ2) is 6.82. The van der Waals surface area contributed by atoms with Crippen molar-refractivity contribution in [1.29, 1.82) is 0 Å². The van der Waals surface area contributed by atoms with E-state index < -0.39 is 6.09 Å². The molecule has 3 aromatic rings. The van der Waals surface area contributed by atoms with Gasteiger partial charge in [0.15, 0.2) is 0 Å². The van der Waals surface area contributed by atoms with Crippen LogP contribution in [0, 0.1) is 0 Å². The van der Waals surface area contributed by atoms with Gasteiger partial charge in [0.05, 0.1) is 0 Å². The van der Waals surface area contributed by atoms with Crippen LogP contribution in [0.4, 0.5) is 10.7 Å². The van der Waals surface area contributed by atoms with Gasteiger partial charge in [-0.3, -0.25) is 0 Å². The molecule has 1 heterocycles. The number of rotatable bonds is 4. The third kappa shape index (κ3) is 3.45. The van der Waals surface area contributed by atoms with E-state index in [0.29, 0.717) is 11.7 Å². The van der Waals surface area contributed by atoms with E-state index in [1.807, 2.05) is 24.3 Å². The minimum absolute atomic E-state index is 0.0129. The first-order valence-electron chi connectivity index (χ1n) is 6.98. The number of aromatic nitrogens is 2. The number of carbonyl (C=O) groups excluding carboxylic acids is 1. The van der Waals surface area contributed by atoms with Crippen LogP contribution in [0.2, 0.25) is 0 Å². The fourth-order valence-corrected chi connectivity index (χ4v) is 4.00. The van der Waals surface area contributed by atoms with Gasteiger partial charge in [-0.05, 0) is 0 Å². The van der Waals surface area contributed by atoms with E-state index in [1.165, 1.54) is 14.2 Å². The molecule has 0 spiro atoms. The molecular formula is C16H15N3O4Se. The second-order valence-electron chi connectivity index (χ2n) is 4.82. The number of benzene rings is 2. The number of hydrogen-bond acceptors (Lipinski definition) is 5. The number of phenols is 1. The van der Waals surface area contributed by atoms with Crippen molar-refractivity contribution in [2.75, 3.05) is 19.5 Å². The van der Waals surface area contributed by atoms with Gasteiger partial charge in [0.25, 0.3) is 0 Å². The Bertz CT molecular complexity index is 894. The Morgan fingerprint density at radius 3 is 2.67 bits per heavy atom. The number of ether oxygens (including phenoxy) is 2. The Morgan fingerprint density at radius 1 is 1.21 bits per heavy atom. The number of nitrogens with one attached hydrogen (secondary N) is 2. The van der Waals surface area contributed by atoms with Crippen molar-refractivity contribution in [2.45, 2.75) is 0 Å². The van der Waals surface area contributed by atoms with Crippen molar-refractivity contribution in [2.24, 2.45) is 0 Å². The first-order valence-corrected chi connectivity index (χ1v) is 8.70. The summed E-state index contributed by atoms with van der Waals surface area (Å²) in [5.74, 6) is 0.921. The zero-order valence-corrected chi connectivity index (χ0v) is 14.7. The maximum atomic E-state index is 11.2. The quantitative estimate of drug-likeness (QED) is 0.578. The van der Waals surface area contributed by atoms with Gasteiger partial charge in [-0.15, -0.1) is 0 Å². The van der Waals surface area contributed by atoms with Crippen LogP contribution in [0.5, 0.6) is 11.5 Å². The van der Waals surface area contributed by atoms with Crippen molar-refractivity contribution < 1.29 is 19.4 Å². The number of nitrogens with zero attached hydrogens (tertiary/aromatic N) is 1. The molecule has 124 valence electrons. The summed E-state index contributed by atoms with van der Waals surface area (Å²) in [6.45, 7) is 0. The molecule has 3 N–H and O–H groups in total. The summed E-state index contributed by atoms with van der Waals surface area (Å²) in [4.78, 5) is 18.5. The number of phenolic OH excluding ortho intramolecular Hbond substituents is 1. The van der Waals surface area contributed by atoms with Crippen molar-refractivity contribution >= 4 is 47.0 Å². The zero-order chi connectivity index (χ0) is 17.1. The Balaban J connectivity index is 1.82. The molecule has 7 nitrogen and oxygen atoms in total. The SMILES string of the molecule is COC(=O)Nc1nc2ccc([Se]c3ccc(OC)c(O)c3)cc2[nH]1. The fourth-order valence-electron chi connectivity index (χ4n) is 2.13. The molecule has 1 amide bonds. The maximum absolute atomic E-state index is 11.2. The Hall–Kier alpha value is -2.70. The summed E-state index contributed by atoms with van der Waals surface area (Å²) in [5, 5.41) is 12.4. The van der Waals surface area contributed by atoms with Crippen LogP contribution in [0.15, 0.2) is 36.4 Å². The molecule has 24 heavy (non-hydrogen) atoms. The third-order valence-electron chi connectivity index (χ3n) is 3.25. The van der Waals surface area contributed by atoms with Crippen molar-refractivity contribution in [3.8, 4) is 11.5 Å². The third-order valence-corrected chi connectivity index (χ3v) is 5.30.